The highest BCUT2D eigenvalue weighted by molar-refractivity contribution is 9.10. The average molecular weight is 270 g/mol. The number of halogens is 1. The van der Waals surface area contributed by atoms with E-state index < -0.39 is 0 Å². The fourth-order valence-electron chi connectivity index (χ4n) is 2.04. The molecule has 2 atom stereocenters. The Labute approximate surface area is 98.8 Å². The van der Waals surface area contributed by atoms with Gasteiger partial charge >= 0.3 is 0 Å². The summed E-state index contributed by atoms with van der Waals surface area (Å²) >= 11 is 3.53. The van der Waals surface area contributed by atoms with Crippen LogP contribution < -0.4 is 5.32 Å². The van der Waals surface area contributed by atoms with Gasteiger partial charge in [-0.25, -0.2) is 0 Å². The van der Waals surface area contributed by atoms with Crippen LogP contribution in [0.2, 0.25) is 0 Å². The minimum atomic E-state index is -0.203. The third-order valence-electron chi connectivity index (χ3n) is 2.95. The van der Waals surface area contributed by atoms with Crippen LogP contribution in [0.4, 0.5) is 0 Å². The van der Waals surface area contributed by atoms with E-state index in [4.69, 9.17) is 0 Å². The van der Waals surface area contributed by atoms with Gasteiger partial charge in [-0.15, -0.1) is 0 Å². The van der Waals surface area contributed by atoms with Gasteiger partial charge in [0, 0.05) is 10.5 Å². The number of hydrogen-bond acceptors (Lipinski definition) is 2. The molecule has 1 fully saturated rings. The number of benzene rings is 1. The third kappa shape index (κ3) is 2.80. The second kappa shape index (κ2) is 5.10. The summed E-state index contributed by atoms with van der Waals surface area (Å²) in [5, 5.41) is 13.2. The minimum absolute atomic E-state index is 0.203. The molecule has 0 radical (unpaired) electrons. The summed E-state index contributed by atoms with van der Waals surface area (Å²) in [6, 6.07) is 8.41. The second-order valence-electron chi connectivity index (χ2n) is 4.07. The zero-order valence-corrected chi connectivity index (χ0v) is 10.2. The molecule has 0 amide bonds. The molecule has 1 aromatic rings. The molecule has 2 nitrogen and oxygen atoms in total. The summed E-state index contributed by atoms with van der Waals surface area (Å²) in [6.45, 7) is 1.02. The first-order valence-electron chi connectivity index (χ1n) is 5.42. The Kier molecular flexibility index (Phi) is 3.78. The Morgan fingerprint density at radius 2 is 2.20 bits per heavy atom. The highest BCUT2D eigenvalue weighted by Crippen LogP contribution is 2.20. The zero-order chi connectivity index (χ0) is 10.7. The van der Waals surface area contributed by atoms with Crippen molar-refractivity contribution in [1.82, 2.24) is 5.32 Å². The fraction of sp³-hybridized carbons (Fsp3) is 0.500. The third-order valence-corrected chi connectivity index (χ3v) is 3.72. The van der Waals surface area contributed by atoms with Gasteiger partial charge in [-0.05, 0) is 37.4 Å². The molecule has 15 heavy (non-hydrogen) atoms. The van der Waals surface area contributed by atoms with Crippen molar-refractivity contribution in [3.05, 3.63) is 34.3 Å². The minimum Gasteiger partial charge on any atom is -0.391 e. The molecule has 0 spiro atoms. The molecular formula is C12H16BrNO. The van der Waals surface area contributed by atoms with E-state index in [1.54, 1.807) is 0 Å². The van der Waals surface area contributed by atoms with E-state index in [9.17, 15) is 5.11 Å². The molecule has 2 unspecified atom stereocenters. The van der Waals surface area contributed by atoms with Gasteiger partial charge in [0.05, 0.1) is 6.10 Å². The number of aliphatic hydroxyl groups is 1. The molecule has 0 aliphatic carbocycles. The molecule has 1 aliphatic heterocycles. The van der Waals surface area contributed by atoms with Crippen molar-refractivity contribution in [2.24, 2.45) is 0 Å². The van der Waals surface area contributed by atoms with Crippen LogP contribution in [0, 0.1) is 0 Å². The topological polar surface area (TPSA) is 32.3 Å². The van der Waals surface area contributed by atoms with Gasteiger partial charge in [0.25, 0.3) is 0 Å². The number of rotatable bonds is 2. The lowest BCUT2D eigenvalue weighted by Crippen LogP contribution is -2.46. The van der Waals surface area contributed by atoms with E-state index in [0.29, 0.717) is 0 Å². The summed E-state index contributed by atoms with van der Waals surface area (Å²) in [6.07, 6.45) is 2.68. The summed E-state index contributed by atoms with van der Waals surface area (Å²) in [4.78, 5) is 0. The Hall–Kier alpha value is -0.380. The smallest absolute Gasteiger partial charge is 0.0696 e. The maximum Gasteiger partial charge on any atom is 0.0696 e. The molecule has 2 rings (SSSR count). The van der Waals surface area contributed by atoms with E-state index in [2.05, 4.69) is 27.3 Å². The Morgan fingerprint density at radius 1 is 1.40 bits per heavy atom. The van der Waals surface area contributed by atoms with Crippen LogP contribution in [-0.2, 0) is 6.42 Å². The molecule has 0 aromatic heterocycles. The summed E-state index contributed by atoms with van der Waals surface area (Å²) in [7, 11) is 0. The van der Waals surface area contributed by atoms with E-state index in [1.165, 1.54) is 5.56 Å². The lowest BCUT2D eigenvalue weighted by Gasteiger charge is -2.29. The number of nitrogens with one attached hydrogen (secondary N) is 1. The van der Waals surface area contributed by atoms with Gasteiger partial charge in [0.1, 0.15) is 0 Å². The average Bonchev–Trinajstić information content (AvgIpc) is 2.24. The lowest BCUT2D eigenvalue weighted by molar-refractivity contribution is 0.0963. The Morgan fingerprint density at radius 3 is 2.93 bits per heavy atom. The van der Waals surface area contributed by atoms with Gasteiger partial charge in [-0.1, -0.05) is 34.1 Å². The number of hydrogen-bond donors (Lipinski definition) is 2. The van der Waals surface area contributed by atoms with Crippen molar-refractivity contribution >= 4 is 15.9 Å². The van der Waals surface area contributed by atoms with E-state index in [1.807, 2.05) is 18.2 Å². The molecule has 1 saturated heterocycles. The molecule has 0 bridgehead atoms. The van der Waals surface area contributed by atoms with Crippen molar-refractivity contribution in [1.29, 1.82) is 0 Å². The normalized spacial score (nSPS) is 26.5. The highest BCUT2D eigenvalue weighted by atomic mass is 79.9. The first-order valence-corrected chi connectivity index (χ1v) is 6.21. The summed E-state index contributed by atoms with van der Waals surface area (Å²) in [5.41, 5.74) is 1.26. The fourth-order valence-corrected chi connectivity index (χ4v) is 2.49. The summed E-state index contributed by atoms with van der Waals surface area (Å²) in [5.74, 6) is 0. The van der Waals surface area contributed by atoms with Crippen molar-refractivity contribution in [3.8, 4) is 0 Å². The number of aliphatic hydroxyl groups excluding tert-OH is 1. The van der Waals surface area contributed by atoms with Crippen molar-refractivity contribution in [2.45, 2.75) is 31.4 Å². The first-order chi connectivity index (χ1) is 7.27. The van der Waals surface area contributed by atoms with Gasteiger partial charge in [0.2, 0.25) is 0 Å². The van der Waals surface area contributed by atoms with Crippen LogP contribution in [0.5, 0.6) is 0 Å². The van der Waals surface area contributed by atoms with Gasteiger partial charge in [-0.3, -0.25) is 0 Å². The maximum atomic E-state index is 9.84. The predicted octanol–water partition coefficient (Wildman–Crippen LogP) is 2.10. The Bertz CT molecular complexity index is 329. The van der Waals surface area contributed by atoms with Crippen molar-refractivity contribution in [2.75, 3.05) is 6.54 Å². The highest BCUT2D eigenvalue weighted by Gasteiger charge is 2.22. The van der Waals surface area contributed by atoms with Crippen LogP contribution in [0.1, 0.15) is 18.4 Å². The van der Waals surface area contributed by atoms with Crippen LogP contribution in [0.25, 0.3) is 0 Å². The molecule has 1 aromatic carbocycles. The molecular weight excluding hydrogens is 254 g/mol. The summed E-state index contributed by atoms with van der Waals surface area (Å²) < 4.78 is 1.13. The lowest BCUT2D eigenvalue weighted by atomic mass is 9.95. The standard InChI is InChI=1S/C12H16BrNO/c13-10-5-2-1-4-9(10)8-11-12(15)6-3-7-14-11/h1-2,4-5,11-12,14-15H,3,6-8H2. The van der Waals surface area contributed by atoms with Gasteiger partial charge in [0.15, 0.2) is 0 Å². The number of piperidine rings is 1. The molecule has 82 valence electrons. The van der Waals surface area contributed by atoms with Gasteiger partial charge in [-0.2, -0.15) is 0 Å². The monoisotopic (exact) mass is 269 g/mol. The SMILES string of the molecule is OC1CCCNC1Cc1ccccc1Br. The van der Waals surface area contributed by atoms with Crippen molar-refractivity contribution in [3.63, 3.8) is 0 Å². The molecule has 3 heteroatoms. The Balaban J connectivity index is 2.04. The second-order valence-corrected chi connectivity index (χ2v) is 4.92. The van der Waals surface area contributed by atoms with E-state index >= 15 is 0 Å². The largest absolute Gasteiger partial charge is 0.391 e. The predicted molar refractivity (Wildman–Crippen MR) is 64.9 cm³/mol. The van der Waals surface area contributed by atoms with Crippen LogP contribution in [0.3, 0.4) is 0 Å². The van der Waals surface area contributed by atoms with Crippen LogP contribution in [-0.4, -0.2) is 23.8 Å². The van der Waals surface area contributed by atoms with Crippen LogP contribution >= 0.6 is 15.9 Å². The molecule has 1 aliphatic rings. The molecule has 1 heterocycles. The van der Waals surface area contributed by atoms with Crippen molar-refractivity contribution < 1.29 is 5.11 Å². The zero-order valence-electron chi connectivity index (χ0n) is 8.62. The quantitative estimate of drug-likeness (QED) is 0.862. The van der Waals surface area contributed by atoms with E-state index in [-0.39, 0.29) is 12.1 Å². The molecule has 0 saturated carbocycles. The van der Waals surface area contributed by atoms with E-state index in [0.717, 1.165) is 30.3 Å². The van der Waals surface area contributed by atoms with Crippen LogP contribution in [0.15, 0.2) is 28.7 Å². The maximum absolute atomic E-state index is 9.84. The molecule has 2 N–H and O–H groups in total. The first kappa shape index (κ1) is 11.1. The van der Waals surface area contributed by atoms with Gasteiger partial charge < -0.3 is 10.4 Å².